The quantitative estimate of drug-likeness (QED) is 0.784. The molecule has 0 saturated carbocycles. The third-order valence-corrected chi connectivity index (χ3v) is 3.79. The van der Waals surface area contributed by atoms with Gasteiger partial charge in [-0.25, -0.2) is 4.98 Å². The van der Waals surface area contributed by atoms with Crippen molar-refractivity contribution in [1.82, 2.24) is 14.6 Å². The molecule has 0 aliphatic carbocycles. The maximum Gasteiger partial charge on any atom is 0.219 e. The number of rotatable bonds is 2. The van der Waals surface area contributed by atoms with Crippen molar-refractivity contribution in [3.8, 4) is 5.88 Å². The first-order chi connectivity index (χ1) is 9.58. The number of aromatic nitrogens is 3. The van der Waals surface area contributed by atoms with E-state index in [1.807, 2.05) is 38.1 Å². The van der Waals surface area contributed by atoms with Crippen LogP contribution in [-0.2, 0) is 0 Å². The van der Waals surface area contributed by atoms with E-state index in [2.05, 4.69) is 10.1 Å². The first-order valence-corrected chi connectivity index (χ1v) is 6.74. The number of nitrogens with zero attached hydrogens (tertiary/aromatic N) is 3. The van der Waals surface area contributed by atoms with Crippen molar-refractivity contribution in [2.75, 3.05) is 0 Å². The lowest BCUT2D eigenvalue weighted by molar-refractivity contribution is 0.424. The molecule has 1 aromatic carbocycles. The lowest BCUT2D eigenvalue weighted by atomic mass is 9.93. The summed E-state index contributed by atoms with van der Waals surface area (Å²) in [6.45, 7) is 3.93. The maximum absolute atomic E-state index is 10.4. The fourth-order valence-corrected chi connectivity index (χ4v) is 2.60. The molecule has 102 valence electrons. The molecule has 3 rings (SSSR count). The molecule has 0 fully saturated rings. The summed E-state index contributed by atoms with van der Waals surface area (Å²) in [5, 5.41) is 15.2. The SMILES string of the molecule is Cc1nc2ccnn2c(O)c1C(C)c1ccc(Cl)cc1. The Morgan fingerprint density at radius 1 is 1.20 bits per heavy atom. The zero-order valence-corrected chi connectivity index (χ0v) is 12.0. The van der Waals surface area contributed by atoms with E-state index in [0.717, 1.165) is 16.8 Å². The van der Waals surface area contributed by atoms with Crippen LogP contribution in [0, 0.1) is 6.92 Å². The fourth-order valence-electron chi connectivity index (χ4n) is 2.48. The molecular formula is C15H14ClN3O. The minimum absolute atomic E-state index is 0.00775. The molecule has 1 N–H and O–H groups in total. The van der Waals surface area contributed by atoms with Crippen LogP contribution in [-0.4, -0.2) is 19.7 Å². The number of hydrogen-bond acceptors (Lipinski definition) is 3. The highest BCUT2D eigenvalue weighted by molar-refractivity contribution is 6.30. The molecule has 4 nitrogen and oxygen atoms in total. The molecule has 0 bridgehead atoms. The van der Waals surface area contributed by atoms with Crippen molar-refractivity contribution in [2.45, 2.75) is 19.8 Å². The summed E-state index contributed by atoms with van der Waals surface area (Å²) in [7, 11) is 0. The summed E-state index contributed by atoms with van der Waals surface area (Å²) in [4.78, 5) is 4.47. The van der Waals surface area contributed by atoms with Crippen LogP contribution < -0.4 is 0 Å². The summed E-state index contributed by atoms with van der Waals surface area (Å²) >= 11 is 5.91. The molecule has 1 atom stereocenters. The Hall–Kier alpha value is -2.07. The second-order valence-corrected chi connectivity index (χ2v) is 5.25. The Kier molecular flexibility index (Phi) is 3.10. The second-order valence-electron chi connectivity index (χ2n) is 4.81. The number of halogens is 1. The predicted molar refractivity (Wildman–Crippen MR) is 78.4 cm³/mol. The minimum Gasteiger partial charge on any atom is -0.493 e. The number of benzene rings is 1. The third kappa shape index (κ3) is 2.02. The Balaban J connectivity index is 2.15. The first-order valence-electron chi connectivity index (χ1n) is 6.36. The molecule has 0 spiro atoms. The van der Waals surface area contributed by atoms with E-state index in [1.54, 1.807) is 12.3 Å². The molecule has 0 radical (unpaired) electrons. The zero-order valence-electron chi connectivity index (χ0n) is 11.2. The maximum atomic E-state index is 10.4. The molecule has 0 saturated heterocycles. The van der Waals surface area contributed by atoms with Crippen LogP contribution in [0.3, 0.4) is 0 Å². The minimum atomic E-state index is 0.00775. The number of aromatic hydroxyl groups is 1. The van der Waals surface area contributed by atoms with Gasteiger partial charge in [0.1, 0.15) is 0 Å². The largest absolute Gasteiger partial charge is 0.493 e. The average Bonchev–Trinajstić information content (AvgIpc) is 2.87. The average molecular weight is 288 g/mol. The van der Waals surface area contributed by atoms with Crippen LogP contribution >= 0.6 is 11.6 Å². The van der Waals surface area contributed by atoms with Crippen molar-refractivity contribution in [1.29, 1.82) is 0 Å². The normalized spacial score (nSPS) is 12.8. The molecule has 1 unspecified atom stereocenters. The standard InChI is InChI=1S/C15H14ClN3O/c1-9(11-3-5-12(16)6-4-11)14-10(2)18-13-7-8-17-19(13)15(14)20/h3-9,20H,1-2H3. The monoisotopic (exact) mass is 287 g/mol. The van der Waals surface area contributed by atoms with Gasteiger partial charge in [0.05, 0.1) is 6.20 Å². The van der Waals surface area contributed by atoms with Crippen molar-refractivity contribution < 1.29 is 5.11 Å². The van der Waals surface area contributed by atoms with E-state index in [4.69, 9.17) is 11.6 Å². The predicted octanol–water partition coefficient (Wildman–Crippen LogP) is 3.55. The lowest BCUT2D eigenvalue weighted by Crippen LogP contribution is -2.05. The van der Waals surface area contributed by atoms with Gasteiger partial charge in [0, 0.05) is 28.3 Å². The smallest absolute Gasteiger partial charge is 0.219 e. The van der Waals surface area contributed by atoms with Gasteiger partial charge in [0.2, 0.25) is 5.88 Å². The van der Waals surface area contributed by atoms with Crippen LogP contribution in [0.5, 0.6) is 5.88 Å². The zero-order chi connectivity index (χ0) is 14.3. The highest BCUT2D eigenvalue weighted by Gasteiger charge is 2.19. The van der Waals surface area contributed by atoms with Gasteiger partial charge >= 0.3 is 0 Å². The summed E-state index contributed by atoms with van der Waals surface area (Å²) in [5.74, 6) is 0.147. The number of hydrogen-bond donors (Lipinski definition) is 1. The van der Waals surface area contributed by atoms with E-state index in [1.165, 1.54) is 4.52 Å². The summed E-state index contributed by atoms with van der Waals surface area (Å²) in [5.41, 5.74) is 3.30. The Bertz CT molecular complexity index is 765. The Morgan fingerprint density at radius 2 is 1.90 bits per heavy atom. The molecule has 5 heteroatoms. The molecule has 20 heavy (non-hydrogen) atoms. The lowest BCUT2D eigenvalue weighted by Gasteiger charge is -2.16. The fraction of sp³-hybridized carbons (Fsp3) is 0.200. The Labute approximate surface area is 121 Å². The summed E-state index contributed by atoms with van der Waals surface area (Å²) in [6, 6.07) is 9.38. The molecular weight excluding hydrogens is 274 g/mol. The van der Waals surface area contributed by atoms with Gasteiger partial charge in [-0.2, -0.15) is 9.61 Å². The third-order valence-electron chi connectivity index (χ3n) is 3.54. The van der Waals surface area contributed by atoms with E-state index in [9.17, 15) is 5.11 Å². The van der Waals surface area contributed by atoms with Crippen LogP contribution in [0.25, 0.3) is 5.65 Å². The van der Waals surface area contributed by atoms with E-state index in [-0.39, 0.29) is 11.8 Å². The van der Waals surface area contributed by atoms with Gasteiger partial charge in [-0.15, -0.1) is 0 Å². The topological polar surface area (TPSA) is 50.4 Å². The summed E-state index contributed by atoms with van der Waals surface area (Å²) < 4.78 is 1.45. The highest BCUT2D eigenvalue weighted by atomic mass is 35.5. The van der Waals surface area contributed by atoms with Gasteiger partial charge < -0.3 is 5.11 Å². The van der Waals surface area contributed by atoms with Crippen LogP contribution in [0.4, 0.5) is 0 Å². The van der Waals surface area contributed by atoms with Gasteiger partial charge in [0.25, 0.3) is 0 Å². The Morgan fingerprint density at radius 3 is 2.60 bits per heavy atom. The first kappa shape index (κ1) is 12.9. The second kappa shape index (κ2) is 4.80. The number of aryl methyl sites for hydroxylation is 1. The molecule has 0 amide bonds. The van der Waals surface area contributed by atoms with Crippen LogP contribution in [0.1, 0.15) is 29.7 Å². The van der Waals surface area contributed by atoms with Gasteiger partial charge in [-0.1, -0.05) is 30.7 Å². The summed E-state index contributed by atoms with van der Waals surface area (Å²) in [6.07, 6.45) is 1.62. The van der Waals surface area contributed by atoms with Crippen molar-refractivity contribution in [3.05, 3.63) is 58.4 Å². The van der Waals surface area contributed by atoms with E-state index >= 15 is 0 Å². The van der Waals surface area contributed by atoms with Crippen molar-refractivity contribution >= 4 is 17.2 Å². The van der Waals surface area contributed by atoms with Crippen molar-refractivity contribution in [2.24, 2.45) is 0 Å². The van der Waals surface area contributed by atoms with Gasteiger partial charge in [0.15, 0.2) is 5.65 Å². The molecule has 3 aromatic rings. The van der Waals surface area contributed by atoms with Gasteiger partial charge in [-0.05, 0) is 24.6 Å². The molecule has 0 aliphatic rings. The van der Waals surface area contributed by atoms with E-state index < -0.39 is 0 Å². The molecule has 2 heterocycles. The van der Waals surface area contributed by atoms with E-state index in [0.29, 0.717) is 10.7 Å². The van der Waals surface area contributed by atoms with Crippen LogP contribution in [0.2, 0.25) is 5.02 Å². The highest BCUT2D eigenvalue weighted by Crippen LogP contribution is 2.33. The molecule has 2 aromatic heterocycles. The van der Waals surface area contributed by atoms with Gasteiger partial charge in [-0.3, -0.25) is 0 Å². The number of fused-ring (bicyclic) bond motifs is 1. The van der Waals surface area contributed by atoms with Crippen molar-refractivity contribution in [3.63, 3.8) is 0 Å². The molecule has 0 aliphatic heterocycles. The van der Waals surface area contributed by atoms with Crippen LogP contribution in [0.15, 0.2) is 36.5 Å².